The number of benzene rings is 2. The summed E-state index contributed by atoms with van der Waals surface area (Å²) < 4.78 is 26.9. The summed E-state index contributed by atoms with van der Waals surface area (Å²) in [6.07, 6.45) is 1.77. The molecule has 2 heterocycles. The van der Waals surface area contributed by atoms with Crippen molar-refractivity contribution in [3.63, 3.8) is 0 Å². The number of rotatable bonds is 7. The van der Waals surface area contributed by atoms with Crippen LogP contribution in [0.25, 0.3) is 0 Å². The van der Waals surface area contributed by atoms with Crippen LogP contribution in [-0.2, 0) is 0 Å². The molecule has 1 aliphatic heterocycles. The van der Waals surface area contributed by atoms with E-state index in [1.54, 1.807) is 29.2 Å². The molecule has 1 fully saturated rings. The van der Waals surface area contributed by atoms with Crippen molar-refractivity contribution in [2.75, 3.05) is 32.7 Å². The first-order valence-corrected chi connectivity index (χ1v) is 12.0. The highest BCUT2D eigenvalue weighted by atomic mass is 35.5. The molecule has 0 spiro atoms. The van der Waals surface area contributed by atoms with Gasteiger partial charge in [-0.25, -0.2) is 13.8 Å². The second-order valence-electron chi connectivity index (χ2n) is 8.43. The molecule has 0 N–H and O–H groups in total. The van der Waals surface area contributed by atoms with Crippen molar-refractivity contribution in [3.05, 3.63) is 99.3 Å². The van der Waals surface area contributed by atoms with Crippen LogP contribution < -0.4 is 0 Å². The maximum atomic E-state index is 13.4. The standard InChI is InChI=1S/C26H25Cl2F2N3O/c27-24-16-20(17-25(28)31-24)26(34)33-14-12-32(13-15-33)11-1-2-23(18-3-7-21(29)8-4-18)19-5-9-22(30)10-6-19/h3-10,16-17,23H,1-2,11-15H2. The van der Waals surface area contributed by atoms with Gasteiger partial charge in [-0.15, -0.1) is 0 Å². The predicted molar refractivity (Wildman–Crippen MR) is 130 cm³/mol. The highest BCUT2D eigenvalue weighted by molar-refractivity contribution is 6.33. The van der Waals surface area contributed by atoms with Crippen LogP contribution in [0.4, 0.5) is 8.78 Å². The van der Waals surface area contributed by atoms with Crippen molar-refractivity contribution in [1.29, 1.82) is 0 Å². The Morgan fingerprint density at radius 1 is 0.853 bits per heavy atom. The lowest BCUT2D eigenvalue weighted by Crippen LogP contribution is -2.48. The zero-order valence-corrected chi connectivity index (χ0v) is 20.1. The van der Waals surface area contributed by atoms with Crippen LogP contribution in [0, 0.1) is 11.6 Å². The molecular formula is C26H25Cl2F2N3O. The summed E-state index contributed by atoms with van der Waals surface area (Å²) >= 11 is 11.9. The quantitative estimate of drug-likeness (QED) is 0.369. The van der Waals surface area contributed by atoms with E-state index in [4.69, 9.17) is 23.2 Å². The van der Waals surface area contributed by atoms with E-state index in [-0.39, 0.29) is 33.8 Å². The highest BCUT2D eigenvalue weighted by Crippen LogP contribution is 2.30. The number of aromatic nitrogens is 1. The van der Waals surface area contributed by atoms with Gasteiger partial charge in [-0.05, 0) is 66.9 Å². The van der Waals surface area contributed by atoms with E-state index in [9.17, 15) is 13.6 Å². The third-order valence-corrected chi connectivity index (χ3v) is 6.57. The lowest BCUT2D eigenvalue weighted by Gasteiger charge is -2.35. The van der Waals surface area contributed by atoms with Crippen molar-refractivity contribution in [2.24, 2.45) is 0 Å². The fourth-order valence-corrected chi connectivity index (χ4v) is 4.84. The highest BCUT2D eigenvalue weighted by Gasteiger charge is 2.23. The Hall–Kier alpha value is -2.54. The SMILES string of the molecule is O=C(c1cc(Cl)nc(Cl)c1)N1CCN(CCCC(c2ccc(F)cc2)c2ccc(F)cc2)CC1. The maximum absolute atomic E-state index is 13.4. The molecule has 1 aromatic heterocycles. The normalized spacial score (nSPS) is 14.6. The molecule has 178 valence electrons. The molecule has 1 saturated heterocycles. The Bertz CT molecular complexity index is 1050. The number of hydrogen-bond donors (Lipinski definition) is 0. The number of pyridine rings is 1. The van der Waals surface area contributed by atoms with Crippen LogP contribution in [0.2, 0.25) is 10.3 Å². The van der Waals surface area contributed by atoms with E-state index >= 15 is 0 Å². The van der Waals surface area contributed by atoms with Gasteiger partial charge in [0.2, 0.25) is 0 Å². The average molecular weight is 504 g/mol. The second-order valence-corrected chi connectivity index (χ2v) is 9.21. The Labute approximate surface area is 208 Å². The lowest BCUT2D eigenvalue weighted by molar-refractivity contribution is 0.0635. The summed E-state index contributed by atoms with van der Waals surface area (Å²) in [6.45, 7) is 3.67. The second kappa shape index (κ2) is 11.3. The van der Waals surface area contributed by atoms with Crippen LogP contribution in [0.5, 0.6) is 0 Å². The van der Waals surface area contributed by atoms with Gasteiger partial charge >= 0.3 is 0 Å². The molecule has 34 heavy (non-hydrogen) atoms. The minimum Gasteiger partial charge on any atom is -0.336 e. The van der Waals surface area contributed by atoms with Crippen molar-refractivity contribution in [2.45, 2.75) is 18.8 Å². The van der Waals surface area contributed by atoms with E-state index in [2.05, 4.69) is 9.88 Å². The monoisotopic (exact) mass is 503 g/mol. The molecule has 3 aromatic rings. The largest absolute Gasteiger partial charge is 0.336 e. The minimum atomic E-state index is -0.273. The molecule has 0 saturated carbocycles. The molecule has 0 atom stereocenters. The molecule has 4 nitrogen and oxygen atoms in total. The number of carbonyl (C=O) groups is 1. The molecule has 4 rings (SSSR count). The lowest BCUT2D eigenvalue weighted by atomic mass is 9.87. The number of amides is 1. The van der Waals surface area contributed by atoms with Crippen molar-refractivity contribution in [1.82, 2.24) is 14.8 Å². The smallest absolute Gasteiger partial charge is 0.254 e. The zero-order chi connectivity index (χ0) is 24.1. The average Bonchev–Trinajstić information content (AvgIpc) is 2.83. The first-order chi connectivity index (χ1) is 16.4. The van der Waals surface area contributed by atoms with Gasteiger partial charge in [-0.2, -0.15) is 0 Å². The van der Waals surface area contributed by atoms with Gasteiger partial charge in [0.15, 0.2) is 0 Å². The van der Waals surface area contributed by atoms with E-state index in [0.717, 1.165) is 43.6 Å². The summed E-state index contributed by atoms with van der Waals surface area (Å²) in [7, 11) is 0. The van der Waals surface area contributed by atoms with Crippen molar-refractivity contribution in [3.8, 4) is 0 Å². The van der Waals surface area contributed by atoms with Crippen LogP contribution in [-0.4, -0.2) is 53.4 Å². The topological polar surface area (TPSA) is 36.4 Å². The molecular weight excluding hydrogens is 479 g/mol. The van der Waals surface area contributed by atoms with Gasteiger partial charge in [-0.1, -0.05) is 47.5 Å². The van der Waals surface area contributed by atoms with Crippen LogP contribution in [0.1, 0.15) is 40.2 Å². The summed E-state index contributed by atoms with van der Waals surface area (Å²) in [5, 5.41) is 0.401. The van der Waals surface area contributed by atoms with Gasteiger partial charge in [0, 0.05) is 37.7 Å². The fourth-order valence-electron chi connectivity index (χ4n) is 4.38. The fraction of sp³-hybridized carbons (Fsp3) is 0.308. The maximum Gasteiger partial charge on any atom is 0.254 e. The summed E-state index contributed by atoms with van der Waals surface area (Å²) in [4.78, 5) is 20.8. The molecule has 8 heteroatoms. The van der Waals surface area contributed by atoms with Gasteiger partial charge in [0.25, 0.3) is 5.91 Å². The zero-order valence-electron chi connectivity index (χ0n) is 18.6. The van der Waals surface area contributed by atoms with E-state index < -0.39 is 0 Å². The van der Waals surface area contributed by atoms with Gasteiger partial charge in [-0.3, -0.25) is 9.69 Å². The van der Waals surface area contributed by atoms with E-state index in [1.165, 1.54) is 36.4 Å². The third kappa shape index (κ3) is 6.32. The molecule has 2 aromatic carbocycles. The van der Waals surface area contributed by atoms with Gasteiger partial charge < -0.3 is 4.90 Å². The Morgan fingerprint density at radius 3 is 1.85 bits per heavy atom. The van der Waals surface area contributed by atoms with Crippen LogP contribution >= 0.6 is 23.2 Å². The minimum absolute atomic E-state index is 0.0604. The van der Waals surface area contributed by atoms with Crippen molar-refractivity contribution < 1.29 is 13.6 Å². The Balaban J connectivity index is 1.32. The predicted octanol–water partition coefficient (Wildman–Crippen LogP) is 6.04. The molecule has 0 radical (unpaired) electrons. The number of piperazine rings is 1. The van der Waals surface area contributed by atoms with Gasteiger partial charge in [0.1, 0.15) is 21.9 Å². The van der Waals surface area contributed by atoms with Gasteiger partial charge in [0.05, 0.1) is 0 Å². The first-order valence-electron chi connectivity index (χ1n) is 11.2. The molecule has 1 aliphatic rings. The first kappa shape index (κ1) is 24.6. The van der Waals surface area contributed by atoms with Crippen molar-refractivity contribution >= 4 is 29.1 Å². The Morgan fingerprint density at radius 2 is 1.35 bits per heavy atom. The molecule has 0 unspecified atom stereocenters. The molecule has 0 bridgehead atoms. The molecule has 0 aliphatic carbocycles. The van der Waals surface area contributed by atoms with E-state index in [0.29, 0.717) is 18.7 Å². The number of nitrogens with zero attached hydrogens (tertiary/aromatic N) is 3. The number of carbonyl (C=O) groups excluding carboxylic acids is 1. The summed E-state index contributed by atoms with van der Waals surface area (Å²) in [6, 6.07) is 16.1. The summed E-state index contributed by atoms with van der Waals surface area (Å²) in [5.41, 5.74) is 2.47. The third-order valence-electron chi connectivity index (χ3n) is 6.18. The van der Waals surface area contributed by atoms with E-state index in [1.807, 2.05) is 0 Å². The van der Waals surface area contributed by atoms with Crippen LogP contribution in [0.15, 0.2) is 60.7 Å². The number of halogens is 4. The van der Waals surface area contributed by atoms with Crippen LogP contribution in [0.3, 0.4) is 0 Å². The Kier molecular flexibility index (Phi) is 8.14. The molecule has 1 amide bonds. The summed E-state index contributed by atoms with van der Waals surface area (Å²) in [5.74, 6) is -0.584. The number of hydrogen-bond acceptors (Lipinski definition) is 3.